The van der Waals surface area contributed by atoms with Gasteiger partial charge in [-0.3, -0.25) is 4.68 Å². The van der Waals surface area contributed by atoms with Crippen molar-refractivity contribution in [2.24, 2.45) is 0 Å². The molecule has 0 saturated heterocycles. The predicted octanol–water partition coefficient (Wildman–Crippen LogP) is 0.563. The molecule has 0 saturated carbocycles. The van der Waals surface area contributed by atoms with Gasteiger partial charge in [0.25, 0.3) is 0 Å². The van der Waals surface area contributed by atoms with Crippen molar-refractivity contribution in [2.75, 3.05) is 26.5 Å². The zero-order chi connectivity index (χ0) is 12.9. The van der Waals surface area contributed by atoms with E-state index in [1.54, 1.807) is 17.1 Å². The largest absolute Gasteiger partial charge is 0.490 e. The van der Waals surface area contributed by atoms with E-state index < -0.39 is 10.0 Å². The second-order valence-corrected chi connectivity index (χ2v) is 6.13. The highest BCUT2D eigenvalue weighted by molar-refractivity contribution is 7.89. The average Bonchev–Trinajstić information content (AvgIpc) is 2.72. The first-order chi connectivity index (χ1) is 7.95. The highest BCUT2D eigenvalue weighted by Gasteiger charge is 2.12. The maximum absolute atomic E-state index is 11.4. The molecule has 0 spiro atoms. The van der Waals surface area contributed by atoms with Gasteiger partial charge in [0.1, 0.15) is 0 Å². The number of rotatable bonds is 7. The summed E-state index contributed by atoms with van der Waals surface area (Å²) in [7, 11) is -0.0611. The summed E-state index contributed by atoms with van der Waals surface area (Å²) in [6, 6.07) is 0. The van der Waals surface area contributed by atoms with E-state index in [1.807, 2.05) is 6.92 Å². The van der Waals surface area contributed by atoms with Crippen LogP contribution >= 0.6 is 0 Å². The minimum absolute atomic E-state index is 0.0991. The normalized spacial score (nSPS) is 12.0. The lowest BCUT2D eigenvalue weighted by molar-refractivity contribution is 0.316. The molecule has 0 radical (unpaired) electrons. The first kappa shape index (κ1) is 14.0. The summed E-state index contributed by atoms with van der Waals surface area (Å²) in [6.07, 6.45) is 3.89. The van der Waals surface area contributed by atoms with Gasteiger partial charge >= 0.3 is 0 Å². The van der Waals surface area contributed by atoms with E-state index >= 15 is 0 Å². The summed E-state index contributed by atoms with van der Waals surface area (Å²) in [5.74, 6) is 0.774. The lowest BCUT2D eigenvalue weighted by Gasteiger charge is -2.10. The van der Waals surface area contributed by atoms with Crippen LogP contribution < -0.4 is 4.74 Å². The third-order valence-corrected chi connectivity index (χ3v) is 4.22. The molecular weight excluding hydrogens is 242 g/mol. The van der Waals surface area contributed by atoms with E-state index in [9.17, 15) is 8.42 Å². The molecule has 98 valence electrons. The minimum Gasteiger partial charge on any atom is -0.490 e. The van der Waals surface area contributed by atoms with Gasteiger partial charge in [0.15, 0.2) is 5.75 Å². The fourth-order valence-corrected chi connectivity index (χ4v) is 2.05. The number of sulfonamides is 1. The third-order valence-electron chi connectivity index (χ3n) is 2.31. The lowest BCUT2D eigenvalue weighted by Crippen LogP contribution is -2.25. The quantitative estimate of drug-likeness (QED) is 0.673. The molecule has 6 nitrogen and oxygen atoms in total. The van der Waals surface area contributed by atoms with E-state index in [-0.39, 0.29) is 5.75 Å². The Morgan fingerprint density at radius 1 is 1.47 bits per heavy atom. The highest BCUT2D eigenvalue weighted by Crippen LogP contribution is 2.08. The first-order valence-electron chi connectivity index (χ1n) is 5.51. The van der Waals surface area contributed by atoms with Gasteiger partial charge in [-0.05, 0) is 13.3 Å². The van der Waals surface area contributed by atoms with Crippen LogP contribution in [0.15, 0.2) is 12.4 Å². The van der Waals surface area contributed by atoms with Crippen LogP contribution in [0.1, 0.15) is 13.3 Å². The Hall–Kier alpha value is -1.08. The molecule has 7 heteroatoms. The molecule has 0 amide bonds. The van der Waals surface area contributed by atoms with Crippen LogP contribution in [0, 0.1) is 0 Å². The molecule has 1 heterocycles. The van der Waals surface area contributed by atoms with Gasteiger partial charge in [-0.1, -0.05) is 0 Å². The maximum Gasteiger partial charge on any atom is 0.213 e. The van der Waals surface area contributed by atoms with E-state index in [1.165, 1.54) is 18.4 Å². The fraction of sp³-hybridized carbons (Fsp3) is 0.700. The van der Waals surface area contributed by atoms with Gasteiger partial charge in [-0.15, -0.1) is 0 Å². The van der Waals surface area contributed by atoms with Crippen molar-refractivity contribution in [1.82, 2.24) is 14.1 Å². The van der Waals surface area contributed by atoms with E-state index in [0.717, 1.165) is 6.54 Å². The Morgan fingerprint density at radius 2 is 2.18 bits per heavy atom. The lowest BCUT2D eigenvalue weighted by atomic mass is 10.5. The molecule has 0 fully saturated rings. The van der Waals surface area contributed by atoms with Crippen molar-refractivity contribution < 1.29 is 13.2 Å². The molecular formula is C10H19N3O3S. The molecule has 0 unspecified atom stereocenters. The second kappa shape index (κ2) is 6.02. The fourth-order valence-electron chi connectivity index (χ4n) is 1.21. The number of ether oxygens (including phenoxy) is 1. The topological polar surface area (TPSA) is 64.4 Å². The molecule has 0 aliphatic rings. The summed E-state index contributed by atoms with van der Waals surface area (Å²) < 4.78 is 31.3. The second-order valence-electron chi connectivity index (χ2n) is 3.83. The zero-order valence-corrected chi connectivity index (χ0v) is 11.3. The molecule has 0 aliphatic carbocycles. The van der Waals surface area contributed by atoms with Crippen LogP contribution in [-0.2, 0) is 16.6 Å². The molecule has 17 heavy (non-hydrogen) atoms. The maximum atomic E-state index is 11.4. The molecule has 1 aromatic heterocycles. The number of hydrogen-bond acceptors (Lipinski definition) is 4. The molecule has 0 N–H and O–H groups in total. The highest BCUT2D eigenvalue weighted by atomic mass is 32.2. The van der Waals surface area contributed by atoms with E-state index in [0.29, 0.717) is 18.8 Å². The standard InChI is InChI=1S/C10H19N3O3S/c1-4-13-9-10(8-11-13)16-6-5-7-17(14,15)12(2)3/h8-9H,4-7H2,1-3H3. The summed E-state index contributed by atoms with van der Waals surface area (Å²) in [4.78, 5) is 0. The third kappa shape index (κ3) is 4.35. The van der Waals surface area contributed by atoms with Crippen LogP contribution in [0.4, 0.5) is 0 Å². The molecule has 0 atom stereocenters. The first-order valence-corrected chi connectivity index (χ1v) is 7.12. The van der Waals surface area contributed by atoms with Crippen molar-refractivity contribution in [2.45, 2.75) is 19.9 Å². The Kier molecular flexibility index (Phi) is 4.95. The monoisotopic (exact) mass is 261 g/mol. The molecule has 0 bridgehead atoms. The van der Waals surface area contributed by atoms with Crippen molar-refractivity contribution >= 4 is 10.0 Å². The van der Waals surface area contributed by atoms with Crippen molar-refractivity contribution in [3.8, 4) is 5.75 Å². The van der Waals surface area contributed by atoms with Crippen LogP contribution in [0.3, 0.4) is 0 Å². The summed E-state index contributed by atoms with van der Waals surface area (Å²) in [6.45, 7) is 3.15. The van der Waals surface area contributed by atoms with E-state index in [4.69, 9.17) is 4.74 Å². The Labute approximate surface area is 102 Å². The Bertz CT molecular complexity index is 439. The molecule has 0 aromatic carbocycles. The minimum atomic E-state index is -3.12. The van der Waals surface area contributed by atoms with Crippen LogP contribution in [-0.4, -0.2) is 49.0 Å². The Morgan fingerprint density at radius 3 is 2.71 bits per heavy atom. The van der Waals surface area contributed by atoms with Crippen LogP contribution in [0.5, 0.6) is 5.75 Å². The van der Waals surface area contributed by atoms with Crippen LogP contribution in [0.2, 0.25) is 0 Å². The van der Waals surface area contributed by atoms with Gasteiger partial charge in [0.05, 0.1) is 24.8 Å². The van der Waals surface area contributed by atoms with Gasteiger partial charge in [0.2, 0.25) is 10.0 Å². The van der Waals surface area contributed by atoms with Gasteiger partial charge in [-0.2, -0.15) is 5.10 Å². The summed E-state index contributed by atoms with van der Waals surface area (Å²) >= 11 is 0. The van der Waals surface area contributed by atoms with E-state index in [2.05, 4.69) is 5.10 Å². The number of aromatic nitrogens is 2. The summed E-state index contributed by atoms with van der Waals surface area (Å²) in [5.41, 5.74) is 0. The van der Waals surface area contributed by atoms with Gasteiger partial charge in [-0.25, -0.2) is 12.7 Å². The van der Waals surface area contributed by atoms with Gasteiger partial charge < -0.3 is 4.74 Å². The van der Waals surface area contributed by atoms with Gasteiger partial charge in [0, 0.05) is 20.6 Å². The predicted molar refractivity (Wildman–Crippen MR) is 65.5 cm³/mol. The van der Waals surface area contributed by atoms with Crippen molar-refractivity contribution in [1.29, 1.82) is 0 Å². The number of hydrogen-bond donors (Lipinski definition) is 0. The summed E-state index contributed by atoms with van der Waals surface area (Å²) in [5, 5.41) is 4.06. The number of nitrogens with zero attached hydrogens (tertiary/aromatic N) is 3. The SMILES string of the molecule is CCn1cc(OCCCS(=O)(=O)N(C)C)cn1. The Balaban J connectivity index is 2.29. The molecule has 0 aliphatic heterocycles. The zero-order valence-electron chi connectivity index (χ0n) is 10.5. The smallest absolute Gasteiger partial charge is 0.213 e. The molecule has 1 rings (SSSR count). The van der Waals surface area contributed by atoms with Crippen LogP contribution in [0.25, 0.3) is 0 Å². The molecule has 1 aromatic rings. The van der Waals surface area contributed by atoms with Crippen molar-refractivity contribution in [3.63, 3.8) is 0 Å². The van der Waals surface area contributed by atoms with Crippen molar-refractivity contribution in [3.05, 3.63) is 12.4 Å². The average molecular weight is 261 g/mol. The number of aryl methyl sites for hydroxylation is 1.